The number of benzene rings is 1. The van der Waals surface area contributed by atoms with E-state index in [1.54, 1.807) is 14.0 Å². The number of fused-ring (bicyclic) bond motifs is 1. The molecule has 6 nitrogen and oxygen atoms in total. The molecule has 0 unspecified atom stereocenters. The molecule has 0 aliphatic carbocycles. The molecule has 2 aliphatic rings. The van der Waals surface area contributed by atoms with Crippen molar-refractivity contribution in [2.45, 2.75) is 32.2 Å². The molecule has 1 aromatic carbocycles. The molecule has 0 bridgehead atoms. The number of hydrogen-bond acceptors (Lipinski definition) is 3. The molecule has 1 N–H and O–H groups in total. The average Bonchev–Trinajstić information content (AvgIpc) is 2.72. The van der Waals surface area contributed by atoms with Gasteiger partial charge in [-0.3, -0.25) is 4.79 Å². The maximum absolute atomic E-state index is 12.5. The number of nitrogens with zero attached hydrogens (tertiary/aromatic N) is 2. The highest BCUT2D eigenvalue weighted by Gasteiger charge is 2.30. The summed E-state index contributed by atoms with van der Waals surface area (Å²) in [6, 6.07) is 5.89. The fraction of sp³-hybridized carbons (Fsp3) is 0.529. The Morgan fingerprint density at radius 1 is 1.26 bits per heavy atom. The van der Waals surface area contributed by atoms with Gasteiger partial charge in [-0.05, 0) is 43.0 Å². The highest BCUT2D eigenvalue weighted by Crippen LogP contribution is 2.27. The molecule has 0 atom stereocenters. The predicted octanol–water partition coefficient (Wildman–Crippen LogP) is 2.10. The Bertz CT molecular complexity index is 609. The summed E-state index contributed by atoms with van der Waals surface area (Å²) in [4.78, 5) is 27.8. The number of carbonyl (C=O) groups excluding carboxylic acids is 2. The van der Waals surface area contributed by atoms with Crippen molar-refractivity contribution in [3.63, 3.8) is 0 Å². The first kappa shape index (κ1) is 15.6. The summed E-state index contributed by atoms with van der Waals surface area (Å²) < 4.78 is 5.26. The van der Waals surface area contributed by atoms with Crippen LogP contribution in [0.15, 0.2) is 18.2 Å². The molecule has 2 heterocycles. The van der Waals surface area contributed by atoms with E-state index in [4.69, 9.17) is 4.74 Å². The second-order valence-corrected chi connectivity index (χ2v) is 6.13. The molecule has 2 aliphatic heterocycles. The number of piperidine rings is 1. The lowest BCUT2D eigenvalue weighted by atomic mass is 10.0. The molecule has 1 fully saturated rings. The first-order valence-electron chi connectivity index (χ1n) is 8.08. The Morgan fingerprint density at radius 3 is 2.65 bits per heavy atom. The average molecular weight is 317 g/mol. The van der Waals surface area contributed by atoms with Gasteiger partial charge in [-0.15, -0.1) is 0 Å². The predicted molar refractivity (Wildman–Crippen MR) is 87.7 cm³/mol. The number of anilines is 1. The lowest BCUT2D eigenvalue weighted by Gasteiger charge is -2.37. The molecular formula is C17H23N3O3. The van der Waals surface area contributed by atoms with Gasteiger partial charge in [0.2, 0.25) is 5.91 Å². The molecular weight excluding hydrogens is 294 g/mol. The fourth-order valence-electron chi connectivity index (χ4n) is 3.40. The second kappa shape index (κ2) is 6.48. The standard InChI is InChI=1S/C17H23N3O3/c1-12(21)19-8-6-14(7-9-19)20-10-5-13-11-15(23-2)3-4-16(13)18-17(20)22/h3-4,11,14H,5-10H2,1-2H3,(H,18,22). The quantitative estimate of drug-likeness (QED) is 0.908. The number of ether oxygens (including phenoxy) is 1. The monoisotopic (exact) mass is 317 g/mol. The van der Waals surface area contributed by atoms with Crippen LogP contribution >= 0.6 is 0 Å². The molecule has 3 rings (SSSR count). The molecule has 6 heteroatoms. The lowest BCUT2D eigenvalue weighted by Crippen LogP contribution is -2.49. The van der Waals surface area contributed by atoms with E-state index < -0.39 is 0 Å². The Hall–Kier alpha value is -2.24. The van der Waals surface area contributed by atoms with Gasteiger partial charge in [0.05, 0.1) is 7.11 Å². The van der Waals surface area contributed by atoms with E-state index in [9.17, 15) is 9.59 Å². The van der Waals surface area contributed by atoms with Crippen molar-refractivity contribution in [1.82, 2.24) is 9.80 Å². The number of hydrogen-bond donors (Lipinski definition) is 1. The third-order valence-corrected chi connectivity index (χ3v) is 4.79. The van der Waals surface area contributed by atoms with Crippen molar-refractivity contribution in [3.8, 4) is 5.75 Å². The third kappa shape index (κ3) is 3.25. The lowest BCUT2D eigenvalue weighted by molar-refractivity contribution is -0.130. The number of amides is 3. The van der Waals surface area contributed by atoms with Crippen molar-refractivity contribution in [1.29, 1.82) is 0 Å². The summed E-state index contributed by atoms with van der Waals surface area (Å²) in [5, 5.41) is 3.01. The molecule has 23 heavy (non-hydrogen) atoms. The van der Waals surface area contributed by atoms with E-state index >= 15 is 0 Å². The Morgan fingerprint density at radius 2 is 2.00 bits per heavy atom. The van der Waals surface area contributed by atoms with E-state index in [2.05, 4.69) is 5.32 Å². The summed E-state index contributed by atoms with van der Waals surface area (Å²) in [6.07, 6.45) is 2.48. The van der Waals surface area contributed by atoms with Crippen molar-refractivity contribution < 1.29 is 14.3 Å². The van der Waals surface area contributed by atoms with Crippen LogP contribution in [0.5, 0.6) is 5.75 Å². The van der Waals surface area contributed by atoms with Gasteiger partial charge in [0.1, 0.15) is 5.75 Å². The van der Waals surface area contributed by atoms with Crippen LogP contribution in [0.25, 0.3) is 0 Å². The van der Waals surface area contributed by atoms with Crippen LogP contribution in [0.1, 0.15) is 25.3 Å². The molecule has 3 amide bonds. The summed E-state index contributed by atoms with van der Waals surface area (Å²) in [5.41, 5.74) is 1.96. The number of rotatable bonds is 2. The van der Waals surface area contributed by atoms with Crippen LogP contribution in [-0.2, 0) is 11.2 Å². The zero-order valence-corrected chi connectivity index (χ0v) is 13.7. The minimum Gasteiger partial charge on any atom is -0.497 e. The van der Waals surface area contributed by atoms with Crippen molar-refractivity contribution in [2.24, 2.45) is 0 Å². The number of methoxy groups -OCH3 is 1. The highest BCUT2D eigenvalue weighted by atomic mass is 16.5. The van der Waals surface area contributed by atoms with Crippen LogP contribution in [0.3, 0.4) is 0 Å². The van der Waals surface area contributed by atoms with E-state index in [0.717, 1.165) is 49.4 Å². The van der Waals surface area contributed by atoms with Gasteiger partial charge in [0.25, 0.3) is 0 Å². The third-order valence-electron chi connectivity index (χ3n) is 4.79. The van der Waals surface area contributed by atoms with Crippen LogP contribution in [-0.4, -0.2) is 54.5 Å². The summed E-state index contributed by atoms with van der Waals surface area (Å²) in [7, 11) is 1.64. The summed E-state index contributed by atoms with van der Waals surface area (Å²) in [5.74, 6) is 0.921. The number of carbonyl (C=O) groups is 2. The topological polar surface area (TPSA) is 61.9 Å². The van der Waals surface area contributed by atoms with Crippen molar-refractivity contribution >= 4 is 17.6 Å². The minimum absolute atomic E-state index is 0.0461. The van der Waals surface area contributed by atoms with Crippen LogP contribution in [0.2, 0.25) is 0 Å². The van der Waals surface area contributed by atoms with Gasteiger partial charge in [-0.2, -0.15) is 0 Å². The van der Waals surface area contributed by atoms with Gasteiger partial charge in [0, 0.05) is 38.3 Å². The number of urea groups is 1. The van der Waals surface area contributed by atoms with E-state index in [0.29, 0.717) is 6.54 Å². The second-order valence-electron chi connectivity index (χ2n) is 6.13. The normalized spacial score (nSPS) is 19.0. The molecule has 124 valence electrons. The van der Waals surface area contributed by atoms with E-state index in [-0.39, 0.29) is 18.0 Å². The Labute approximate surface area is 136 Å². The van der Waals surface area contributed by atoms with Crippen molar-refractivity contribution in [3.05, 3.63) is 23.8 Å². The molecule has 0 radical (unpaired) electrons. The smallest absolute Gasteiger partial charge is 0.322 e. The zero-order chi connectivity index (χ0) is 16.4. The number of nitrogens with one attached hydrogen (secondary N) is 1. The van der Waals surface area contributed by atoms with Crippen LogP contribution < -0.4 is 10.1 Å². The first-order valence-corrected chi connectivity index (χ1v) is 8.08. The van der Waals surface area contributed by atoms with E-state index in [1.807, 2.05) is 28.0 Å². The summed E-state index contributed by atoms with van der Waals surface area (Å²) in [6.45, 7) is 3.74. The maximum Gasteiger partial charge on any atom is 0.322 e. The fourth-order valence-corrected chi connectivity index (χ4v) is 3.40. The maximum atomic E-state index is 12.5. The van der Waals surface area contributed by atoms with Crippen molar-refractivity contribution in [2.75, 3.05) is 32.1 Å². The molecule has 0 saturated carbocycles. The molecule has 1 aromatic rings. The van der Waals surface area contributed by atoms with Gasteiger partial charge in [-0.25, -0.2) is 4.79 Å². The zero-order valence-electron chi connectivity index (χ0n) is 13.7. The number of likely N-dealkylation sites (tertiary alicyclic amines) is 1. The largest absolute Gasteiger partial charge is 0.497 e. The molecule has 0 spiro atoms. The van der Waals surface area contributed by atoms with E-state index in [1.165, 1.54) is 0 Å². The van der Waals surface area contributed by atoms with Gasteiger partial charge < -0.3 is 19.9 Å². The van der Waals surface area contributed by atoms with Gasteiger partial charge in [-0.1, -0.05) is 0 Å². The summed E-state index contributed by atoms with van der Waals surface area (Å²) >= 11 is 0. The van der Waals surface area contributed by atoms with Crippen LogP contribution in [0, 0.1) is 0 Å². The van der Waals surface area contributed by atoms with Gasteiger partial charge >= 0.3 is 6.03 Å². The molecule has 0 aromatic heterocycles. The Kier molecular flexibility index (Phi) is 4.41. The van der Waals surface area contributed by atoms with Crippen LogP contribution in [0.4, 0.5) is 10.5 Å². The highest BCUT2D eigenvalue weighted by molar-refractivity contribution is 5.91. The van der Waals surface area contributed by atoms with Gasteiger partial charge in [0.15, 0.2) is 0 Å². The Balaban J connectivity index is 1.69. The molecule has 1 saturated heterocycles. The minimum atomic E-state index is -0.0461. The SMILES string of the molecule is COc1ccc2c(c1)CCN(C1CCN(C(C)=O)CC1)C(=O)N2. The first-order chi connectivity index (χ1) is 11.1.